The topological polar surface area (TPSA) is 0 Å². The van der Waals surface area contributed by atoms with Crippen molar-refractivity contribution in [2.24, 2.45) is 0 Å². The van der Waals surface area contributed by atoms with Crippen molar-refractivity contribution in [1.29, 1.82) is 0 Å². The summed E-state index contributed by atoms with van der Waals surface area (Å²) in [5.41, 5.74) is 7.95. The molecule has 2 unspecified atom stereocenters. The highest BCUT2D eigenvalue weighted by molar-refractivity contribution is 7.26. The Balaban J connectivity index is 1.33. The molecule has 0 amide bonds. The summed E-state index contributed by atoms with van der Waals surface area (Å²) in [6.45, 7) is 4.46. The third-order valence-electron chi connectivity index (χ3n) is 8.98. The first-order chi connectivity index (χ1) is 21.7. The van der Waals surface area contributed by atoms with Crippen LogP contribution in [0.1, 0.15) is 47.9 Å². The molecule has 0 aliphatic rings. The van der Waals surface area contributed by atoms with Gasteiger partial charge < -0.3 is 0 Å². The standard InChI is InChI=1S/C43H36S/c1-3-4-6-13-31-20-22-34(23-21-31)35-26-24-33(25-27-35)30(2)39(28-32-14-7-5-8-15-32)42-37-17-10-9-16-36(37)29-41-43(42)38-18-11-12-19-40(38)44-41/h3-27,29-30,39H,28H2,1-2H3/b4-3-,13-6-. The second-order valence-electron chi connectivity index (χ2n) is 11.7. The Morgan fingerprint density at radius 2 is 1.30 bits per heavy atom. The lowest BCUT2D eigenvalue weighted by molar-refractivity contribution is 0.580. The zero-order valence-corrected chi connectivity index (χ0v) is 26.1. The number of rotatable bonds is 8. The molecule has 2 atom stereocenters. The predicted octanol–water partition coefficient (Wildman–Crippen LogP) is 12.6. The minimum absolute atomic E-state index is 0.304. The molecular weight excluding hydrogens is 549 g/mol. The van der Waals surface area contributed by atoms with E-state index in [1.54, 1.807) is 0 Å². The molecule has 0 radical (unpaired) electrons. The van der Waals surface area contributed by atoms with Gasteiger partial charge in [-0.2, -0.15) is 0 Å². The van der Waals surface area contributed by atoms with Gasteiger partial charge in [-0.05, 0) is 81.5 Å². The van der Waals surface area contributed by atoms with E-state index in [2.05, 4.69) is 159 Å². The molecule has 0 aliphatic carbocycles. The number of hydrogen-bond donors (Lipinski definition) is 0. The van der Waals surface area contributed by atoms with Gasteiger partial charge in [0.25, 0.3) is 0 Å². The van der Waals surface area contributed by atoms with Gasteiger partial charge in [0, 0.05) is 20.2 Å². The molecule has 1 aromatic heterocycles. The second-order valence-corrected chi connectivity index (χ2v) is 12.8. The molecule has 0 bridgehead atoms. The third kappa shape index (κ3) is 5.52. The van der Waals surface area contributed by atoms with Crippen LogP contribution < -0.4 is 0 Å². The molecule has 6 aromatic carbocycles. The summed E-state index contributed by atoms with van der Waals surface area (Å²) in [7, 11) is 0. The molecule has 0 saturated heterocycles. The normalized spacial score (nSPS) is 13.4. The first-order valence-corrected chi connectivity index (χ1v) is 16.4. The van der Waals surface area contributed by atoms with Gasteiger partial charge in [0.15, 0.2) is 0 Å². The fourth-order valence-electron chi connectivity index (χ4n) is 6.65. The third-order valence-corrected chi connectivity index (χ3v) is 10.1. The minimum atomic E-state index is 0.304. The van der Waals surface area contributed by atoms with Crippen molar-refractivity contribution in [3.8, 4) is 11.1 Å². The Hall–Kier alpha value is -4.72. The molecule has 1 heteroatoms. The Morgan fingerprint density at radius 1 is 0.636 bits per heavy atom. The van der Waals surface area contributed by atoms with Crippen molar-refractivity contribution in [2.45, 2.75) is 32.1 Å². The van der Waals surface area contributed by atoms with Gasteiger partial charge in [-0.1, -0.05) is 153 Å². The molecule has 1 heterocycles. The maximum absolute atomic E-state index is 2.43. The molecule has 0 saturated carbocycles. The van der Waals surface area contributed by atoms with E-state index in [0.29, 0.717) is 11.8 Å². The Bertz CT molecular complexity index is 2090. The van der Waals surface area contributed by atoms with Crippen molar-refractivity contribution in [2.75, 3.05) is 0 Å². The molecule has 7 rings (SSSR count). The van der Waals surface area contributed by atoms with E-state index in [1.165, 1.54) is 64.3 Å². The molecule has 0 spiro atoms. The zero-order valence-electron chi connectivity index (χ0n) is 25.3. The number of thiophene rings is 1. The summed E-state index contributed by atoms with van der Waals surface area (Å²) >= 11 is 1.92. The zero-order chi connectivity index (χ0) is 29.9. The van der Waals surface area contributed by atoms with Gasteiger partial charge >= 0.3 is 0 Å². The minimum Gasteiger partial charge on any atom is -0.135 e. The van der Waals surface area contributed by atoms with Crippen molar-refractivity contribution in [1.82, 2.24) is 0 Å². The summed E-state index contributed by atoms with van der Waals surface area (Å²) < 4.78 is 2.74. The van der Waals surface area contributed by atoms with Crippen LogP contribution in [0.15, 0.2) is 152 Å². The molecular formula is C43H36S. The SMILES string of the molecule is C/C=C\C=C/c1ccc(-c2ccc(C(C)C(Cc3ccccc3)c3c4ccccc4cc4sc5ccccc5c34)cc2)cc1. The molecule has 0 fully saturated rings. The molecule has 214 valence electrons. The molecule has 0 aliphatic heterocycles. The maximum Gasteiger partial charge on any atom is 0.0364 e. The van der Waals surface area contributed by atoms with Crippen LogP contribution in [0.3, 0.4) is 0 Å². The van der Waals surface area contributed by atoms with Gasteiger partial charge in [0.05, 0.1) is 0 Å². The van der Waals surface area contributed by atoms with E-state index >= 15 is 0 Å². The molecule has 7 aromatic rings. The Labute approximate surface area is 264 Å². The van der Waals surface area contributed by atoms with Crippen molar-refractivity contribution >= 4 is 48.4 Å². The largest absolute Gasteiger partial charge is 0.135 e. The van der Waals surface area contributed by atoms with Crippen LogP contribution in [-0.4, -0.2) is 0 Å². The van der Waals surface area contributed by atoms with Gasteiger partial charge in [-0.15, -0.1) is 11.3 Å². The fraction of sp³-hybridized carbons (Fsp3) is 0.116. The number of fused-ring (bicyclic) bond motifs is 4. The lowest BCUT2D eigenvalue weighted by Gasteiger charge is -2.28. The van der Waals surface area contributed by atoms with E-state index in [9.17, 15) is 0 Å². The second kappa shape index (κ2) is 12.5. The quantitative estimate of drug-likeness (QED) is 0.156. The van der Waals surface area contributed by atoms with E-state index in [-0.39, 0.29) is 0 Å². The van der Waals surface area contributed by atoms with Crippen LogP contribution >= 0.6 is 11.3 Å². The monoisotopic (exact) mass is 584 g/mol. The van der Waals surface area contributed by atoms with Crippen LogP contribution in [0.4, 0.5) is 0 Å². The van der Waals surface area contributed by atoms with E-state index in [0.717, 1.165) is 6.42 Å². The van der Waals surface area contributed by atoms with E-state index in [4.69, 9.17) is 0 Å². The van der Waals surface area contributed by atoms with Crippen LogP contribution in [-0.2, 0) is 6.42 Å². The Kier molecular flexibility index (Phi) is 7.97. The summed E-state index contributed by atoms with van der Waals surface area (Å²) in [5.74, 6) is 0.620. The number of hydrogen-bond acceptors (Lipinski definition) is 1. The lowest BCUT2D eigenvalue weighted by Crippen LogP contribution is -2.13. The number of allylic oxidation sites excluding steroid dienone is 3. The van der Waals surface area contributed by atoms with Crippen LogP contribution in [0.5, 0.6) is 0 Å². The van der Waals surface area contributed by atoms with Crippen LogP contribution in [0.25, 0.3) is 48.1 Å². The highest BCUT2D eigenvalue weighted by atomic mass is 32.1. The fourth-order valence-corrected chi connectivity index (χ4v) is 7.82. The summed E-state index contributed by atoms with van der Waals surface area (Å²) in [4.78, 5) is 0. The average Bonchev–Trinajstić information content (AvgIpc) is 3.45. The molecule has 44 heavy (non-hydrogen) atoms. The van der Waals surface area contributed by atoms with Gasteiger partial charge in [0.2, 0.25) is 0 Å². The van der Waals surface area contributed by atoms with Gasteiger partial charge in [-0.3, -0.25) is 0 Å². The first-order valence-electron chi connectivity index (χ1n) is 15.6. The summed E-state index contributed by atoms with van der Waals surface area (Å²) in [6.07, 6.45) is 9.31. The van der Waals surface area contributed by atoms with Crippen molar-refractivity contribution < 1.29 is 0 Å². The van der Waals surface area contributed by atoms with E-state index in [1.807, 2.05) is 24.3 Å². The number of benzene rings is 6. The Morgan fingerprint density at radius 3 is 2.05 bits per heavy atom. The maximum atomic E-state index is 2.43. The van der Waals surface area contributed by atoms with E-state index < -0.39 is 0 Å². The predicted molar refractivity (Wildman–Crippen MR) is 194 cm³/mol. The van der Waals surface area contributed by atoms with Crippen LogP contribution in [0, 0.1) is 0 Å². The lowest BCUT2D eigenvalue weighted by atomic mass is 9.76. The summed E-state index contributed by atoms with van der Waals surface area (Å²) in [6, 6.07) is 49.5. The molecule has 0 N–H and O–H groups in total. The average molecular weight is 585 g/mol. The highest BCUT2D eigenvalue weighted by Crippen LogP contribution is 2.47. The highest BCUT2D eigenvalue weighted by Gasteiger charge is 2.27. The van der Waals surface area contributed by atoms with Gasteiger partial charge in [0.1, 0.15) is 0 Å². The first kappa shape index (κ1) is 28.1. The van der Waals surface area contributed by atoms with Crippen molar-refractivity contribution in [3.63, 3.8) is 0 Å². The van der Waals surface area contributed by atoms with Crippen molar-refractivity contribution in [3.05, 3.63) is 174 Å². The van der Waals surface area contributed by atoms with Crippen LogP contribution in [0.2, 0.25) is 0 Å². The summed E-state index contributed by atoms with van der Waals surface area (Å²) in [5, 5.41) is 5.50. The van der Waals surface area contributed by atoms with Gasteiger partial charge in [-0.25, -0.2) is 0 Å². The smallest absolute Gasteiger partial charge is 0.0364 e. The molecule has 0 nitrogen and oxygen atoms in total.